The molecule has 2 aromatic carbocycles. The smallest absolute Gasteiger partial charge is 0.257 e. The number of nitrogens with one attached hydrogen (secondary N) is 1. The third-order valence-corrected chi connectivity index (χ3v) is 7.32. The zero-order valence-corrected chi connectivity index (χ0v) is 21.9. The average molecular weight is 494 g/mol. The molecule has 2 aliphatic rings. The van der Waals surface area contributed by atoms with Crippen molar-refractivity contribution in [2.75, 3.05) is 45.7 Å². The molecule has 2 amide bonds. The topological polar surface area (TPSA) is 71.1 Å². The SMILES string of the molecule is CO[C@@H]1CN(C)C(=O)c2ccc(NC(=O)C3CC3)cc2OC[C@@H](C)N(CCc2ccccc2)C[C@@H]1C. The Bertz CT molecular complexity index is 1040. The van der Waals surface area contributed by atoms with Gasteiger partial charge in [0.15, 0.2) is 0 Å². The Hall–Kier alpha value is -2.90. The van der Waals surface area contributed by atoms with Crippen LogP contribution in [0.5, 0.6) is 5.75 Å². The number of likely N-dealkylation sites (N-methyl/N-ethyl adjacent to an activating group) is 1. The molecule has 0 saturated heterocycles. The predicted octanol–water partition coefficient (Wildman–Crippen LogP) is 4.08. The van der Waals surface area contributed by atoms with E-state index < -0.39 is 0 Å². The maximum absolute atomic E-state index is 13.4. The molecule has 0 bridgehead atoms. The molecule has 1 aliphatic carbocycles. The first-order chi connectivity index (χ1) is 17.4. The molecule has 1 N–H and O–H groups in total. The second-order valence-corrected chi connectivity index (χ2v) is 10.3. The van der Waals surface area contributed by atoms with Crippen LogP contribution in [0, 0.1) is 11.8 Å². The summed E-state index contributed by atoms with van der Waals surface area (Å²) in [5.41, 5.74) is 2.46. The second kappa shape index (κ2) is 11.9. The molecule has 3 atom stereocenters. The fourth-order valence-corrected chi connectivity index (χ4v) is 4.74. The van der Waals surface area contributed by atoms with Gasteiger partial charge in [0.05, 0.1) is 11.7 Å². The van der Waals surface area contributed by atoms with Crippen molar-refractivity contribution < 1.29 is 19.1 Å². The number of benzene rings is 2. The van der Waals surface area contributed by atoms with E-state index in [0.717, 1.165) is 32.4 Å². The molecule has 36 heavy (non-hydrogen) atoms. The highest BCUT2D eigenvalue weighted by Crippen LogP contribution is 2.32. The molecule has 1 saturated carbocycles. The van der Waals surface area contributed by atoms with Crippen molar-refractivity contribution in [1.29, 1.82) is 0 Å². The Kier molecular flexibility index (Phi) is 8.64. The van der Waals surface area contributed by atoms with E-state index in [1.165, 1.54) is 5.56 Å². The second-order valence-electron chi connectivity index (χ2n) is 10.3. The molecule has 0 unspecified atom stereocenters. The number of anilines is 1. The lowest BCUT2D eigenvalue weighted by Gasteiger charge is -2.36. The molecule has 7 nitrogen and oxygen atoms in total. The van der Waals surface area contributed by atoms with Crippen molar-refractivity contribution in [1.82, 2.24) is 9.80 Å². The normalized spacial score (nSPS) is 23.7. The fourth-order valence-electron chi connectivity index (χ4n) is 4.74. The average Bonchev–Trinajstić information content (AvgIpc) is 3.73. The molecule has 4 rings (SSSR count). The van der Waals surface area contributed by atoms with Gasteiger partial charge < -0.3 is 19.7 Å². The number of hydrogen-bond acceptors (Lipinski definition) is 5. The van der Waals surface area contributed by atoms with Crippen molar-refractivity contribution in [2.45, 2.75) is 45.3 Å². The molecule has 1 heterocycles. The number of rotatable bonds is 6. The quantitative estimate of drug-likeness (QED) is 0.657. The van der Waals surface area contributed by atoms with Gasteiger partial charge in [0.1, 0.15) is 12.4 Å². The van der Waals surface area contributed by atoms with E-state index in [9.17, 15) is 9.59 Å². The zero-order chi connectivity index (χ0) is 25.7. The number of amides is 2. The minimum absolute atomic E-state index is 0.0314. The predicted molar refractivity (Wildman–Crippen MR) is 141 cm³/mol. The summed E-state index contributed by atoms with van der Waals surface area (Å²) in [6.07, 6.45) is 2.73. The molecule has 194 valence electrons. The van der Waals surface area contributed by atoms with Crippen molar-refractivity contribution in [3.8, 4) is 5.75 Å². The molecule has 1 fully saturated rings. The Morgan fingerprint density at radius 3 is 2.56 bits per heavy atom. The molecule has 0 aromatic heterocycles. The van der Waals surface area contributed by atoms with Gasteiger partial charge in [0.2, 0.25) is 5.91 Å². The van der Waals surface area contributed by atoms with Gasteiger partial charge in [-0.1, -0.05) is 37.3 Å². The summed E-state index contributed by atoms with van der Waals surface area (Å²) in [5.74, 6) is 0.739. The largest absolute Gasteiger partial charge is 0.491 e. The van der Waals surface area contributed by atoms with Gasteiger partial charge in [0.25, 0.3) is 5.91 Å². The summed E-state index contributed by atoms with van der Waals surface area (Å²) in [5, 5.41) is 2.97. The monoisotopic (exact) mass is 493 g/mol. The van der Waals surface area contributed by atoms with Gasteiger partial charge in [-0.2, -0.15) is 0 Å². The third-order valence-electron chi connectivity index (χ3n) is 7.32. The Labute approximate surface area is 214 Å². The summed E-state index contributed by atoms with van der Waals surface area (Å²) in [7, 11) is 3.52. The molecule has 0 spiro atoms. The minimum Gasteiger partial charge on any atom is -0.491 e. The van der Waals surface area contributed by atoms with Crippen molar-refractivity contribution >= 4 is 17.5 Å². The van der Waals surface area contributed by atoms with E-state index in [1.807, 2.05) is 6.07 Å². The number of methoxy groups -OCH3 is 1. The highest BCUT2D eigenvalue weighted by atomic mass is 16.5. The van der Waals surface area contributed by atoms with Crippen LogP contribution in [0.3, 0.4) is 0 Å². The van der Waals surface area contributed by atoms with Crippen LogP contribution in [0.15, 0.2) is 48.5 Å². The number of hydrogen-bond donors (Lipinski definition) is 1. The lowest BCUT2D eigenvalue weighted by atomic mass is 10.0. The Morgan fingerprint density at radius 1 is 1.11 bits per heavy atom. The van der Waals surface area contributed by atoms with E-state index in [1.54, 1.807) is 37.3 Å². The summed E-state index contributed by atoms with van der Waals surface area (Å²) in [6, 6.07) is 16.0. The van der Waals surface area contributed by atoms with Crippen molar-refractivity contribution in [3.63, 3.8) is 0 Å². The van der Waals surface area contributed by atoms with Crippen molar-refractivity contribution in [2.24, 2.45) is 11.8 Å². The number of carbonyl (C=O) groups is 2. The number of nitrogens with zero attached hydrogens (tertiary/aromatic N) is 2. The van der Waals surface area contributed by atoms with Crippen LogP contribution in [0.4, 0.5) is 5.69 Å². The maximum Gasteiger partial charge on any atom is 0.257 e. The Balaban J connectivity index is 1.58. The zero-order valence-electron chi connectivity index (χ0n) is 21.9. The summed E-state index contributed by atoms with van der Waals surface area (Å²) in [4.78, 5) is 29.8. The van der Waals surface area contributed by atoms with Crippen molar-refractivity contribution in [3.05, 3.63) is 59.7 Å². The van der Waals surface area contributed by atoms with Gasteiger partial charge >= 0.3 is 0 Å². The van der Waals surface area contributed by atoms with E-state index >= 15 is 0 Å². The lowest BCUT2D eigenvalue weighted by Crippen LogP contribution is -2.47. The molecule has 1 aliphatic heterocycles. The third kappa shape index (κ3) is 6.65. The summed E-state index contributed by atoms with van der Waals surface area (Å²) < 4.78 is 12.1. The first kappa shape index (κ1) is 26.2. The van der Waals surface area contributed by atoms with Gasteiger partial charge in [-0.05, 0) is 49.8 Å². The Morgan fingerprint density at radius 2 is 1.86 bits per heavy atom. The van der Waals surface area contributed by atoms with E-state index in [0.29, 0.717) is 30.2 Å². The highest BCUT2D eigenvalue weighted by Gasteiger charge is 2.31. The fraction of sp³-hybridized carbons (Fsp3) is 0.517. The van der Waals surface area contributed by atoms with E-state index in [2.05, 4.69) is 48.3 Å². The summed E-state index contributed by atoms with van der Waals surface area (Å²) >= 11 is 0. The van der Waals surface area contributed by atoms with E-state index in [-0.39, 0.29) is 35.8 Å². The molecular weight excluding hydrogens is 454 g/mol. The van der Waals surface area contributed by atoms with Crippen LogP contribution in [0.1, 0.15) is 42.6 Å². The lowest BCUT2D eigenvalue weighted by molar-refractivity contribution is -0.117. The maximum atomic E-state index is 13.4. The van der Waals surface area contributed by atoms with Crippen LogP contribution in [-0.2, 0) is 16.0 Å². The van der Waals surface area contributed by atoms with Gasteiger partial charge in [-0.25, -0.2) is 0 Å². The molecular formula is C29H39N3O4. The first-order valence-electron chi connectivity index (χ1n) is 13.0. The van der Waals surface area contributed by atoms with Crippen LogP contribution in [0.2, 0.25) is 0 Å². The highest BCUT2D eigenvalue weighted by molar-refractivity contribution is 5.99. The van der Waals surface area contributed by atoms with Crippen LogP contribution in [0.25, 0.3) is 0 Å². The van der Waals surface area contributed by atoms with E-state index in [4.69, 9.17) is 9.47 Å². The van der Waals surface area contributed by atoms with Gasteiger partial charge in [-0.3, -0.25) is 14.5 Å². The minimum atomic E-state index is -0.117. The number of fused-ring (bicyclic) bond motifs is 1. The van der Waals surface area contributed by atoms with Crippen LogP contribution >= 0.6 is 0 Å². The molecule has 2 aromatic rings. The molecule has 0 radical (unpaired) electrons. The van der Waals surface area contributed by atoms with Crippen LogP contribution in [-0.4, -0.2) is 74.2 Å². The van der Waals surface area contributed by atoms with Gasteiger partial charge in [-0.15, -0.1) is 0 Å². The van der Waals surface area contributed by atoms with Crippen LogP contribution < -0.4 is 10.1 Å². The number of ether oxygens (including phenoxy) is 2. The number of carbonyl (C=O) groups excluding carboxylic acids is 2. The molecule has 7 heteroatoms. The van der Waals surface area contributed by atoms with Gasteiger partial charge in [0, 0.05) is 57.5 Å². The first-order valence-corrected chi connectivity index (χ1v) is 13.0. The standard InChI is InChI=1S/C29H39N3O4/c1-20-17-32(15-14-22-8-6-5-7-9-22)21(2)19-36-26-16-24(30-28(33)23-10-11-23)12-13-25(26)29(34)31(3)18-27(20)35-4/h5-9,12-13,16,20-21,23,27H,10-11,14-15,17-19H2,1-4H3,(H,30,33)/t20-,21+,27+/m0/s1. The summed E-state index contributed by atoms with van der Waals surface area (Å²) in [6.45, 7) is 7.00.